The van der Waals surface area contributed by atoms with Crippen molar-refractivity contribution in [3.8, 4) is 11.4 Å². The normalized spacial score (nSPS) is 15.0. The number of carbonyl (C=O) groups excluding carboxylic acids is 1. The van der Waals surface area contributed by atoms with E-state index in [1.807, 2.05) is 36.0 Å². The average Bonchev–Trinajstić information content (AvgIpc) is 3.28. The van der Waals surface area contributed by atoms with Crippen LogP contribution >= 0.6 is 23.4 Å². The molecule has 6 nitrogen and oxygen atoms in total. The van der Waals surface area contributed by atoms with Crippen molar-refractivity contribution in [2.24, 2.45) is 5.92 Å². The summed E-state index contributed by atoms with van der Waals surface area (Å²) in [4.78, 5) is 19.3. The second-order valence-electron chi connectivity index (χ2n) is 8.41. The number of hydrogen-bond donors (Lipinski definition) is 1. The van der Waals surface area contributed by atoms with Gasteiger partial charge in [-0.15, -0.1) is 0 Å². The molecule has 33 heavy (non-hydrogen) atoms. The average molecular weight is 485 g/mol. The monoisotopic (exact) mass is 484 g/mol. The smallest absolute Gasteiger partial charge is 0.241 e. The molecule has 1 aliphatic rings. The Hall–Kier alpha value is -2.35. The molecule has 0 atom stereocenters. The topological polar surface area (TPSA) is 71.3 Å². The molecule has 1 fully saturated rings. The lowest BCUT2D eigenvalue weighted by Crippen LogP contribution is -2.40. The molecule has 1 aromatic heterocycles. The standard InChI is InChI=1S/C25H29ClN4O2S/c1-18-4-2-5-19(14-18)17-33-13-10-27-25(31)20-8-11-30(12-9-20)16-23-28-24(29-32-23)21-6-3-7-22(26)15-21/h2-7,14-15,20H,8-13,16-17H2,1H3,(H,27,31). The summed E-state index contributed by atoms with van der Waals surface area (Å²) in [5, 5.41) is 7.82. The number of thioether (sulfide) groups is 1. The van der Waals surface area contributed by atoms with Crippen molar-refractivity contribution >= 4 is 29.3 Å². The summed E-state index contributed by atoms with van der Waals surface area (Å²) < 4.78 is 5.42. The van der Waals surface area contributed by atoms with Crippen LogP contribution in [0.2, 0.25) is 5.02 Å². The number of carbonyl (C=O) groups is 1. The second-order valence-corrected chi connectivity index (χ2v) is 9.95. The van der Waals surface area contributed by atoms with Gasteiger partial charge in [-0.1, -0.05) is 58.7 Å². The first-order valence-electron chi connectivity index (χ1n) is 11.3. The lowest BCUT2D eigenvalue weighted by Gasteiger charge is -2.30. The van der Waals surface area contributed by atoms with E-state index in [0.717, 1.165) is 43.0 Å². The van der Waals surface area contributed by atoms with Gasteiger partial charge < -0.3 is 9.84 Å². The Kier molecular flexibility index (Phi) is 8.42. The van der Waals surface area contributed by atoms with Gasteiger partial charge in [0.15, 0.2) is 0 Å². The third-order valence-corrected chi connectivity index (χ3v) is 7.03. The Morgan fingerprint density at radius 1 is 1.21 bits per heavy atom. The molecule has 174 valence electrons. The number of rotatable bonds is 9. The lowest BCUT2D eigenvalue weighted by atomic mass is 9.96. The number of nitrogens with one attached hydrogen (secondary N) is 1. The minimum atomic E-state index is 0.0766. The number of halogens is 1. The van der Waals surface area contributed by atoms with Crippen LogP contribution in [0.1, 0.15) is 29.9 Å². The molecule has 0 saturated carbocycles. The van der Waals surface area contributed by atoms with E-state index in [1.54, 1.807) is 0 Å². The first-order chi connectivity index (χ1) is 16.1. The van der Waals surface area contributed by atoms with Crippen LogP contribution in [0.4, 0.5) is 0 Å². The Bertz CT molecular complexity index is 1070. The van der Waals surface area contributed by atoms with Gasteiger partial charge in [-0.2, -0.15) is 16.7 Å². The molecule has 2 heterocycles. The summed E-state index contributed by atoms with van der Waals surface area (Å²) in [5.41, 5.74) is 3.46. The van der Waals surface area contributed by atoms with Crippen LogP contribution in [0.15, 0.2) is 53.1 Å². The van der Waals surface area contributed by atoms with E-state index in [-0.39, 0.29) is 11.8 Å². The van der Waals surface area contributed by atoms with Gasteiger partial charge in [0.05, 0.1) is 6.54 Å². The second kappa shape index (κ2) is 11.7. The maximum atomic E-state index is 12.5. The van der Waals surface area contributed by atoms with Crippen molar-refractivity contribution in [2.45, 2.75) is 32.1 Å². The zero-order valence-corrected chi connectivity index (χ0v) is 20.4. The van der Waals surface area contributed by atoms with Crippen LogP contribution in [0.25, 0.3) is 11.4 Å². The van der Waals surface area contributed by atoms with Gasteiger partial charge in [0.25, 0.3) is 0 Å². The SMILES string of the molecule is Cc1cccc(CSCCNC(=O)C2CCN(Cc3nc(-c4cccc(Cl)c4)no3)CC2)c1. The molecular weight excluding hydrogens is 456 g/mol. The number of aryl methyl sites for hydroxylation is 1. The van der Waals surface area contributed by atoms with Crippen LogP contribution < -0.4 is 5.32 Å². The fourth-order valence-corrected chi connectivity index (χ4v) is 4.99. The first kappa shape index (κ1) is 23.8. The summed E-state index contributed by atoms with van der Waals surface area (Å²) in [7, 11) is 0. The molecule has 0 unspecified atom stereocenters. The molecule has 1 saturated heterocycles. The highest BCUT2D eigenvalue weighted by molar-refractivity contribution is 7.98. The number of amides is 1. The number of nitrogens with zero attached hydrogens (tertiary/aromatic N) is 3. The predicted molar refractivity (Wildman–Crippen MR) is 133 cm³/mol. The molecule has 0 spiro atoms. The van der Waals surface area contributed by atoms with Crippen molar-refractivity contribution < 1.29 is 9.32 Å². The highest BCUT2D eigenvalue weighted by Crippen LogP contribution is 2.22. The maximum absolute atomic E-state index is 12.5. The Balaban J connectivity index is 1.14. The van der Waals surface area contributed by atoms with Gasteiger partial charge in [0.2, 0.25) is 17.6 Å². The van der Waals surface area contributed by atoms with Crippen LogP contribution in [0, 0.1) is 12.8 Å². The van der Waals surface area contributed by atoms with Crippen LogP contribution in [0.5, 0.6) is 0 Å². The highest BCUT2D eigenvalue weighted by atomic mass is 35.5. The first-order valence-corrected chi connectivity index (χ1v) is 12.8. The fourth-order valence-electron chi connectivity index (χ4n) is 3.99. The van der Waals surface area contributed by atoms with E-state index in [0.29, 0.717) is 29.8 Å². The number of piperidine rings is 1. The van der Waals surface area contributed by atoms with Crippen molar-refractivity contribution in [1.29, 1.82) is 0 Å². The molecule has 1 amide bonds. The summed E-state index contributed by atoms with van der Waals surface area (Å²) >= 11 is 7.90. The third kappa shape index (κ3) is 7.06. The predicted octanol–water partition coefficient (Wildman–Crippen LogP) is 4.96. The zero-order chi connectivity index (χ0) is 23.0. The van der Waals surface area contributed by atoms with Crippen LogP contribution in [-0.2, 0) is 17.1 Å². The van der Waals surface area contributed by atoms with Gasteiger partial charge in [-0.25, -0.2) is 0 Å². The molecule has 8 heteroatoms. The van der Waals surface area contributed by atoms with E-state index in [2.05, 4.69) is 51.5 Å². The lowest BCUT2D eigenvalue weighted by molar-refractivity contribution is -0.126. The Morgan fingerprint density at radius 3 is 2.82 bits per heavy atom. The summed E-state index contributed by atoms with van der Waals surface area (Å²) in [5.74, 6) is 3.27. The van der Waals surface area contributed by atoms with E-state index in [4.69, 9.17) is 16.1 Å². The minimum Gasteiger partial charge on any atom is -0.355 e. The molecule has 2 aromatic carbocycles. The summed E-state index contributed by atoms with van der Waals surface area (Å²) in [6, 6.07) is 16.0. The minimum absolute atomic E-state index is 0.0766. The highest BCUT2D eigenvalue weighted by Gasteiger charge is 2.25. The number of hydrogen-bond acceptors (Lipinski definition) is 6. The number of likely N-dealkylation sites (tertiary alicyclic amines) is 1. The largest absolute Gasteiger partial charge is 0.355 e. The van der Waals surface area contributed by atoms with Gasteiger partial charge in [0, 0.05) is 34.6 Å². The van der Waals surface area contributed by atoms with Crippen molar-refractivity contribution in [1.82, 2.24) is 20.4 Å². The van der Waals surface area contributed by atoms with Gasteiger partial charge in [-0.05, 0) is 50.6 Å². The van der Waals surface area contributed by atoms with Gasteiger partial charge in [-0.3, -0.25) is 9.69 Å². The quantitative estimate of drug-likeness (QED) is 0.433. The Morgan fingerprint density at radius 2 is 2.03 bits per heavy atom. The van der Waals surface area contributed by atoms with Crippen molar-refractivity contribution in [3.63, 3.8) is 0 Å². The number of benzene rings is 2. The fraction of sp³-hybridized carbons (Fsp3) is 0.400. The van der Waals surface area contributed by atoms with E-state index in [9.17, 15) is 4.79 Å². The molecule has 1 aliphatic heterocycles. The molecule has 1 N–H and O–H groups in total. The summed E-state index contributed by atoms with van der Waals surface area (Å²) in [6.45, 7) is 5.10. The molecule has 0 bridgehead atoms. The van der Waals surface area contributed by atoms with E-state index in [1.165, 1.54) is 11.1 Å². The Labute approximate surface area is 204 Å². The molecule has 4 rings (SSSR count). The zero-order valence-electron chi connectivity index (χ0n) is 18.8. The van der Waals surface area contributed by atoms with Gasteiger partial charge >= 0.3 is 0 Å². The number of aromatic nitrogens is 2. The molecule has 0 radical (unpaired) electrons. The molecule has 3 aromatic rings. The summed E-state index contributed by atoms with van der Waals surface area (Å²) in [6.07, 6.45) is 1.69. The molecular formula is C25H29ClN4O2S. The van der Waals surface area contributed by atoms with Crippen LogP contribution in [-0.4, -0.2) is 46.3 Å². The van der Waals surface area contributed by atoms with E-state index >= 15 is 0 Å². The van der Waals surface area contributed by atoms with Crippen molar-refractivity contribution in [2.75, 3.05) is 25.4 Å². The van der Waals surface area contributed by atoms with E-state index < -0.39 is 0 Å². The third-order valence-electron chi connectivity index (χ3n) is 5.76. The molecule has 0 aliphatic carbocycles. The van der Waals surface area contributed by atoms with Crippen molar-refractivity contribution in [3.05, 3.63) is 70.6 Å². The van der Waals surface area contributed by atoms with Crippen LogP contribution in [0.3, 0.4) is 0 Å². The van der Waals surface area contributed by atoms with Gasteiger partial charge in [0.1, 0.15) is 0 Å². The maximum Gasteiger partial charge on any atom is 0.241 e.